The predicted octanol–water partition coefficient (Wildman–Crippen LogP) is 4.79. The maximum absolute atomic E-state index is 12.2. The molecule has 3 aromatic rings. The molecule has 4 heteroatoms. The summed E-state index contributed by atoms with van der Waals surface area (Å²) in [5.74, 6) is 0.882. The first-order chi connectivity index (χ1) is 12.7. The molecule has 0 aliphatic heterocycles. The number of pyridine rings is 1. The van der Waals surface area contributed by atoms with Crippen molar-refractivity contribution in [3.8, 4) is 5.75 Å². The molecule has 1 heterocycles. The summed E-state index contributed by atoms with van der Waals surface area (Å²) in [5, 5.41) is 2.93. The number of carbonyl (C=O) groups is 1. The number of anilines is 1. The summed E-state index contributed by atoms with van der Waals surface area (Å²) in [6.45, 7) is 2.55. The number of aromatic nitrogens is 1. The van der Waals surface area contributed by atoms with E-state index in [1.54, 1.807) is 12.4 Å². The molecule has 0 aliphatic rings. The van der Waals surface area contributed by atoms with Gasteiger partial charge in [0.25, 0.3) is 0 Å². The molecule has 26 heavy (non-hydrogen) atoms. The second-order valence-corrected chi connectivity index (χ2v) is 6.24. The molecule has 1 atom stereocenters. The van der Waals surface area contributed by atoms with Crippen molar-refractivity contribution in [3.05, 3.63) is 90.3 Å². The molecule has 0 bridgehead atoms. The number of amides is 1. The van der Waals surface area contributed by atoms with Gasteiger partial charge in [0.05, 0.1) is 0 Å². The molecule has 1 N–H and O–H groups in total. The van der Waals surface area contributed by atoms with Gasteiger partial charge in [0.15, 0.2) is 0 Å². The van der Waals surface area contributed by atoms with Crippen molar-refractivity contribution in [2.75, 3.05) is 5.32 Å². The fourth-order valence-electron chi connectivity index (χ4n) is 2.65. The van der Waals surface area contributed by atoms with Gasteiger partial charge in [-0.1, -0.05) is 43.3 Å². The van der Waals surface area contributed by atoms with Gasteiger partial charge in [-0.25, -0.2) is 0 Å². The third-order valence-electron chi connectivity index (χ3n) is 4.13. The minimum atomic E-state index is -0.0145. The van der Waals surface area contributed by atoms with Gasteiger partial charge in [-0.05, 0) is 47.4 Å². The molecule has 132 valence electrons. The minimum Gasteiger partial charge on any atom is -0.489 e. The van der Waals surface area contributed by atoms with Gasteiger partial charge in [0, 0.05) is 24.5 Å². The molecule has 0 radical (unpaired) electrons. The molecule has 4 nitrogen and oxygen atoms in total. The average Bonchev–Trinajstić information content (AvgIpc) is 2.69. The second-order valence-electron chi connectivity index (χ2n) is 6.24. The fraction of sp³-hybridized carbons (Fsp3) is 0.182. The fourth-order valence-corrected chi connectivity index (χ4v) is 2.65. The highest BCUT2D eigenvalue weighted by molar-refractivity contribution is 5.91. The lowest BCUT2D eigenvalue weighted by Gasteiger charge is -2.12. The van der Waals surface area contributed by atoms with Crippen molar-refractivity contribution >= 4 is 11.6 Å². The van der Waals surface area contributed by atoms with Gasteiger partial charge in [0.2, 0.25) is 5.91 Å². The quantitative estimate of drug-likeness (QED) is 0.669. The van der Waals surface area contributed by atoms with Crippen LogP contribution in [-0.4, -0.2) is 10.9 Å². The lowest BCUT2D eigenvalue weighted by Crippen LogP contribution is -2.14. The number of nitrogens with one attached hydrogen (secondary N) is 1. The first-order valence-electron chi connectivity index (χ1n) is 8.67. The minimum absolute atomic E-state index is 0.0145. The third kappa shape index (κ3) is 5.18. The Bertz CT molecular complexity index is 818. The summed E-state index contributed by atoms with van der Waals surface area (Å²) >= 11 is 0. The SMILES string of the molecule is CC(CC(=O)Nc1ccc(OCc2ccccc2)cc1)c1cccnc1. The molecule has 2 aromatic carbocycles. The number of nitrogens with zero attached hydrogens (tertiary/aromatic N) is 1. The molecule has 0 fully saturated rings. The van der Waals surface area contributed by atoms with E-state index >= 15 is 0 Å². The summed E-state index contributed by atoms with van der Waals surface area (Å²) in [5.41, 5.74) is 2.95. The van der Waals surface area contributed by atoms with E-state index in [4.69, 9.17) is 4.74 Å². The zero-order valence-corrected chi connectivity index (χ0v) is 14.8. The van der Waals surface area contributed by atoms with Crippen LogP contribution in [-0.2, 0) is 11.4 Å². The van der Waals surface area contributed by atoms with Crippen LogP contribution in [0.25, 0.3) is 0 Å². The van der Waals surface area contributed by atoms with Gasteiger partial charge in [0.1, 0.15) is 12.4 Å². The molecule has 0 saturated carbocycles. The van der Waals surface area contributed by atoms with E-state index < -0.39 is 0 Å². The van der Waals surface area contributed by atoms with E-state index in [0.29, 0.717) is 13.0 Å². The number of ether oxygens (including phenoxy) is 1. The molecular formula is C22H22N2O2. The first-order valence-corrected chi connectivity index (χ1v) is 8.67. The normalized spacial score (nSPS) is 11.6. The maximum Gasteiger partial charge on any atom is 0.224 e. The monoisotopic (exact) mass is 346 g/mol. The standard InChI is InChI=1S/C22H22N2O2/c1-17(19-8-5-13-23-15-19)14-22(25)24-20-9-11-21(12-10-20)26-16-18-6-3-2-4-7-18/h2-13,15,17H,14,16H2,1H3,(H,24,25). The molecule has 0 aliphatic carbocycles. The Morgan fingerprint density at radius 1 is 1.04 bits per heavy atom. The first kappa shape index (κ1) is 17.7. The Hall–Kier alpha value is -3.14. The third-order valence-corrected chi connectivity index (χ3v) is 4.13. The maximum atomic E-state index is 12.2. The van der Waals surface area contributed by atoms with Gasteiger partial charge in [-0.3, -0.25) is 9.78 Å². The van der Waals surface area contributed by atoms with Crippen LogP contribution in [0.4, 0.5) is 5.69 Å². The van der Waals surface area contributed by atoms with Crippen molar-refractivity contribution in [2.24, 2.45) is 0 Å². The van der Waals surface area contributed by atoms with Crippen molar-refractivity contribution in [2.45, 2.75) is 25.9 Å². The Morgan fingerprint density at radius 2 is 1.81 bits per heavy atom. The van der Waals surface area contributed by atoms with Crippen LogP contribution < -0.4 is 10.1 Å². The van der Waals surface area contributed by atoms with E-state index in [2.05, 4.69) is 10.3 Å². The zero-order valence-electron chi connectivity index (χ0n) is 14.8. The number of carbonyl (C=O) groups excluding carboxylic acids is 1. The van der Waals surface area contributed by atoms with Crippen LogP contribution in [0.3, 0.4) is 0 Å². The van der Waals surface area contributed by atoms with Crippen molar-refractivity contribution in [3.63, 3.8) is 0 Å². The predicted molar refractivity (Wildman–Crippen MR) is 103 cm³/mol. The van der Waals surface area contributed by atoms with Crippen molar-refractivity contribution in [1.82, 2.24) is 4.98 Å². The van der Waals surface area contributed by atoms with E-state index in [1.807, 2.05) is 73.7 Å². The van der Waals surface area contributed by atoms with E-state index in [9.17, 15) is 4.79 Å². The number of benzene rings is 2. The van der Waals surface area contributed by atoms with Crippen LogP contribution in [0.15, 0.2) is 79.1 Å². The Labute approximate surface area is 153 Å². The highest BCUT2D eigenvalue weighted by atomic mass is 16.5. The van der Waals surface area contributed by atoms with Crippen LogP contribution in [0.2, 0.25) is 0 Å². The van der Waals surface area contributed by atoms with Crippen molar-refractivity contribution < 1.29 is 9.53 Å². The highest BCUT2D eigenvalue weighted by Crippen LogP contribution is 2.20. The zero-order chi connectivity index (χ0) is 18.2. The summed E-state index contributed by atoms with van der Waals surface area (Å²) < 4.78 is 5.75. The second kappa shape index (κ2) is 8.81. The topological polar surface area (TPSA) is 51.2 Å². The van der Waals surface area contributed by atoms with E-state index in [-0.39, 0.29) is 11.8 Å². The number of hydrogen-bond donors (Lipinski definition) is 1. The Morgan fingerprint density at radius 3 is 2.50 bits per heavy atom. The average molecular weight is 346 g/mol. The highest BCUT2D eigenvalue weighted by Gasteiger charge is 2.11. The van der Waals surface area contributed by atoms with Gasteiger partial charge < -0.3 is 10.1 Å². The van der Waals surface area contributed by atoms with E-state index in [1.165, 1.54) is 0 Å². The molecule has 1 unspecified atom stereocenters. The van der Waals surface area contributed by atoms with Gasteiger partial charge in [-0.15, -0.1) is 0 Å². The van der Waals surface area contributed by atoms with E-state index in [0.717, 1.165) is 22.6 Å². The number of hydrogen-bond acceptors (Lipinski definition) is 3. The molecule has 1 aromatic heterocycles. The lowest BCUT2D eigenvalue weighted by atomic mass is 9.99. The van der Waals surface area contributed by atoms with Crippen LogP contribution in [0.1, 0.15) is 30.4 Å². The smallest absolute Gasteiger partial charge is 0.224 e. The summed E-state index contributed by atoms with van der Waals surface area (Å²) in [6.07, 6.45) is 3.95. The van der Waals surface area contributed by atoms with Crippen LogP contribution in [0.5, 0.6) is 5.75 Å². The molecule has 0 saturated heterocycles. The molecule has 3 rings (SSSR count). The molecular weight excluding hydrogens is 324 g/mol. The lowest BCUT2D eigenvalue weighted by molar-refractivity contribution is -0.116. The largest absolute Gasteiger partial charge is 0.489 e. The van der Waals surface area contributed by atoms with Gasteiger partial charge in [-0.2, -0.15) is 0 Å². The summed E-state index contributed by atoms with van der Waals surface area (Å²) in [7, 11) is 0. The number of rotatable bonds is 7. The van der Waals surface area contributed by atoms with Crippen molar-refractivity contribution in [1.29, 1.82) is 0 Å². The summed E-state index contributed by atoms with van der Waals surface area (Å²) in [6, 6.07) is 21.3. The van der Waals surface area contributed by atoms with Crippen LogP contribution >= 0.6 is 0 Å². The molecule has 1 amide bonds. The Kier molecular flexibility index (Phi) is 5.99. The van der Waals surface area contributed by atoms with Crippen LogP contribution in [0, 0.1) is 0 Å². The molecule has 0 spiro atoms. The summed E-state index contributed by atoms with van der Waals surface area (Å²) in [4.78, 5) is 16.3. The Balaban J connectivity index is 1.50. The van der Waals surface area contributed by atoms with Gasteiger partial charge >= 0.3 is 0 Å².